The van der Waals surface area contributed by atoms with Crippen molar-refractivity contribution in [2.45, 2.75) is 11.8 Å². The van der Waals surface area contributed by atoms with E-state index in [0.29, 0.717) is 16.7 Å². The summed E-state index contributed by atoms with van der Waals surface area (Å²) < 4.78 is 52.6. The van der Waals surface area contributed by atoms with Gasteiger partial charge in [-0.2, -0.15) is 0 Å². The van der Waals surface area contributed by atoms with Crippen LogP contribution in [0.1, 0.15) is 5.56 Å². The highest BCUT2D eigenvalue weighted by molar-refractivity contribution is 7.92. The maximum atomic E-state index is 13.1. The van der Waals surface area contributed by atoms with Crippen molar-refractivity contribution in [2.24, 2.45) is 0 Å². The van der Waals surface area contributed by atoms with Gasteiger partial charge in [-0.15, -0.1) is 0 Å². The van der Waals surface area contributed by atoms with E-state index in [9.17, 15) is 17.2 Å². The van der Waals surface area contributed by atoms with Crippen LogP contribution in [-0.4, -0.2) is 8.42 Å². The Morgan fingerprint density at radius 3 is 2.30 bits per heavy atom. The lowest BCUT2D eigenvalue weighted by Gasteiger charge is -2.11. The summed E-state index contributed by atoms with van der Waals surface area (Å²) in [4.78, 5) is -0.491. The number of benzene rings is 2. The van der Waals surface area contributed by atoms with E-state index in [1.165, 1.54) is 6.07 Å². The molecule has 0 fully saturated rings. The largest absolute Gasteiger partial charge is 0.279 e. The normalized spacial score (nSPS) is 11.4. The van der Waals surface area contributed by atoms with Crippen LogP contribution < -0.4 is 4.72 Å². The Labute approximate surface area is 120 Å². The van der Waals surface area contributed by atoms with Gasteiger partial charge in [-0.1, -0.05) is 17.7 Å². The van der Waals surface area contributed by atoms with Crippen LogP contribution in [0.3, 0.4) is 0 Å². The maximum Gasteiger partial charge on any atom is 0.262 e. The van der Waals surface area contributed by atoms with Crippen LogP contribution >= 0.6 is 11.6 Å². The second kappa shape index (κ2) is 5.38. The number of halogens is 3. The molecule has 20 heavy (non-hydrogen) atoms. The van der Waals surface area contributed by atoms with Gasteiger partial charge in [0.15, 0.2) is 0 Å². The predicted octanol–water partition coefficient (Wildman–Crippen LogP) is 3.73. The van der Waals surface area contributed by atoms with Crippen LogP contribution in [0.5, 0.6) is 0 Å². The molecule has 0 saturated heterocycles. The van der Waals surface area contributed by atoms with Gasteiger partial charge in [0.05, 0.1) is 10.6 Å². The molecule has 0 aromatic heterocycles. The van der Waals surface area contributed by atoms with Gasteiger partial charge in [0.2, 0.25) is 0 Å². The number of anilines is 1. The topological polar surface area (TPSA) is 46.2 Å². The van der Waals surface area contributed by atoms with Crippen molar-refractivity contribution in [2.75, 3.05) is 4.72 Å². The molecule has 0 amide bonds. The van der Waals surface area contributed by atoms with Crippen molar-refractivity contribution in [3.8, 4) is 0 Å². The predicted molar refractivity (Wildman–Crippen MR) is 73.4 cm³/mol. The average molecular weight is 318 g/mol. The molecule has 0 aliphatic heterocycles. The Morgan fingerprint density at radius 2 is 1.70 bits per heavy atom. The van der Waals surface area contributed by atoms with E-state index in [0.717, 1.165) is 12.1 Å². The number of rotatable bonds is 3. The van der Waals surface area contributed by atoms with Gasteiger partial charge in [0.1, 0.15) is 11.6 Å². The number of nitrogens with one attached hydrogen (secondary N) is 1. The lowest BCUT2D eigenvalue weighted by molar-refractivity contribution is 0.568. The van der Waals surface area contributed by atoms with Crippen LogP contribution in [0.15, 0.2) is 41.3 Å². The molecule has 3 nitrogen and oxygen atoms in total. The first kappa shape index (κ1) is 14.7. The summed E-state index contributed by atoms with van der Waals surface area (Å²) in [6.07, 6.45) is 0. The fourth-order valence-electron chi connectivity index (χ4n) is 1.61. The highest BCUT2D eigenvalue weighted by atomic mass is 35.5. The van der Waals surface area contributed by atoms with Crippen molar-refractivity contribution in [3.05, 3.63) is 58.6 Å². The van der Waals surface area contributed by atoms with Crippen LogP contribution in [-0.2, 0) is 10.0 Å². The van der Waals surface area contributed by atoms with Crippen molar-refractivity contribution >= 4 is 27.3 Å². The standard InChI is InChI=1S/C13H10ClF2NO2S/c1-8-12(14)3-2-4-13(8)17-20(18,19)11-6-9(15)5-10(16)7-11/h2-7,17H,1H3. The number of hydrogen-bond donors (Lipinski definition) is 1. The van der Waals surface area contributed by atoms with Crippen molar-refractivity contribution < 1.29 is 17.2 Å². The number of sulfonamides is 1. The Hall–Kier alpha value is -1.66. The quantitative estimate of drug-likeness (QED) is 0.937. The molecule has 2 aromatic rings. The van der Waals surface area contributed by atoms with Crippen molar-refractivity contribution in [3.63, 3.8) is 0 Å². The van der Waals surface area contributed by atoms with E-state index in [2.05, 4.69) is 4.72 Å². The van der Waals surface area contributed by atoms with E-state index in [-0.39, 0.29) is 5.69 Å². The molecule has 0 spiro atoms. The third-order valence-corrected chi connectivity index (χ3v) is 4.41. The zero-order valence-electron chi connectivity index (χ0n) is 10.3. The molecule has 0 aliphatic rings. The van der Waals surface area contributed by atoms with Gasteiger partial charge in [0.25, 0.3) is 10.0 Å². The van der Waals surface area contributed by atoms with Gasteiger partial charge in [-0.05, 0) is 36.8 Å². The van der Waals surface area contributed by atoms with Crippen LogP contribution in [0.4, 0.5) is 14.5 Å². The molecular weight excluding hydrogens is 308 g/mol. The molecule has 2 aromatic carbocycles. The van der Waals surface area contributed by atoms with Gasteiger partial charge >= 0.3 is 0 Å². The summed E-state index contributed by atoms with van der Waals surface area (Å²) >= 11 is 5.88. The highest BCUT2D eigenvalue weighted by Gasteiger charge is 2.18. The Morgan fingerprint density at radius 1 is 1.10 bits per heavy atom. The SMILES string of the molecule is Cc1c(Cl)cccc1NS(=O)(=O)c1cc(F)cc(F)c1. The van der Waals surface area contributed by atoms with Gasteiger partial charge in [-0.3, -0.25) is 4.72 Å². The second-order valence-corrected chi connectivity index (χ2v) is 6.21. The first-order valence-electron chi connectivity index (χ1n) is 5.53. The van der Waals surface area contributed by atoms with Gasteiger partial charge in [-0.25, -0.2) is 17.2 Å². The minimum atomic E-state index is -4.09. The molecule has 2 rings (SSSR count). The maximum absolute atomic E-state index is 13.1. The van der Waals surface area contributed by atoms with Crippen LogP contribution in [0.25, 0.3) is 0 Å². The van der Waals surface area contributed by atoms with Crippen molar-refractivity contribution in [1.82, 2.24) is 0 Å². The molecule has 0 atom stereocenters. The molecule has 7 heteroatoms. The summed E-state index contributed by atoms with van der Waals surface area (Å²) in [7, 11) is -4.09. The summed E-state index contributed by atoms with van der Waals surface area (Å²) in [5.41, 5.74) is 0.775. The first-order chi connectivity index (χ1) is 9.29. The fraction of sp³-hybridized carbons (Fsp3) is 0.0769. The third kappa shape index (κ3) is 3.08. The first-order valence-corrected chi connectivity index (χ1v) is 7.40. The third-order valence-electron chi connectivity index (χ3n) is 2.66. The van der Waals surface area contributed by atoms with Gasteiger partial charge in [0, 0.05) is 11.1 Å². The van der Waals surface area contributed by atoms with E-state index >= 15 is 0 Å². The molecule has 1 N–H and O–H groups in total. The van der Waals surface area contributed by atoms with Crippen LogP contribution in [0, 0.1) is 18.6 Å². The van der Waals surface area contributed by atoms with E-state index < -0.39 is 26.6 Å². The molecule has 106 valence electrons. The summed E-state index contributed by atoms with van der Waals surface area (Å²) in [6, 6.07) is 6.77. The monoisotopic (exact) mass is 317 g/mol. The Bertz CT molecular complexity index is 743. The van der Waals surface area contributed by atoms with Gasteiger partial charge < -0.3 is 0 Å². The van der Waals surface area contributed by atoms with E-state index in [4.69, 9.17) is 11.6 Å². The molecule has 0 unspecified atom stereocenters. The summed E-state index contributed by atoms with van der Waals surface area (Å²) in [6.45, 7) is 1.63. The summed E-state index contributed by atoms with van der Waals surface area (Å²) in [5.74, 6) is -1.93. The molecule has 0 aliphatic carbocycles. The molecule has 0 heterocycles. The lowest BCUT2D eigenvalue weighted by atomic mass is 10.2. The van der Waals surface area contributed by atoms with Crippen LogP contribution in [0.2, 0.25) is 5.02 Å². The zero-order valence-corrected chi connectivity index (χ0v) is 11.9. The minimum Gasteiger partial charge on any atom is -0.279 e. The minimum absolute atomic E-state index is 0.252. The summed E-state index contributed by atoms with van der Waals surface area (Å²) in [5, 5.41) is 0.385. The zero-order chi connectivity index (χ0) is 14.9. The molecule has 0 saturated carbocycles. The lowest BCUT2D eigenvalue weighted by Crippen LogP contribution is -2.14. The molecule has 0 radical (unpaired) electrons. The number of hydrogen-bond acceptors (Lipinski definition) is 2. The second-order valence-electron chi connectivity index (χ2n) is 4.12. The fourth-order valence-corrected chi connectivity index (χ4v) is 2.94. The van der Waals surface area contributed by atoms with E-state index in [1.54, 1.807) is 19.1 Å². The highest BCUT2D eigenvalue weighted by Crippen LogP contribution is 2.25. The smallest absolute Gasteiger partial charge is 0.262 e. The average Bonchev–Trinajstić information content (AvgIpc) is 2.33. The van der Waals surface area contributed by atoms with E-state index in [1.807, 2.05) is 0 Å². The van der Waals surface area contributed by atoms with Crippen molar-refractivity contribution in [1.29, 1.82) is 0 Å². The molecule has 0 bridgehead atoms. The molecular formula is C13H10ClF2NO2S. The Balaban J connectivity index is 2.43. The Kier molecular flexibility index (Phi) is 3.96.